The van der Waals surface area contributed by atoms with Crippen LogP contribution in [-0.2, 0) is 11.0 Å². The third-order valence-electron chi connectivity index (χ3n) is 3.80. The van der Waals surface area contributed by atoms with Crippen LogP contribution in [0.3, 0.4) is 0 Å². The van der Waals surface area contributed by atoms with E-state index in [0.29, 0.717) is 18.4 Å². The second kappa shape index (κ2) is 5.44. The van der Waals surface area contributed by atoms with E-state index in [1.54, 1.807) is 7.05 Å². The van der Waals surface area contributed by atoms with Crippen LogP contribution in [0.2, 0.25) is 0 Å². The number of piperidine rings is 1. The highest BCUT2D eigenvalue weighted by atomic mass is 19.4. The summed E-state index contributed by atoms with van der Waals surface area (Å²) in [4.78, 5) is 13.2. The highest BCUT2D eigenvalue weighted by Gasteiger charge is 2.35. The lowest BCUT2D eigenvalue weighted by molar-refractivity contribution is -0.139. The van der Waals surface area contributed by atoms with Crippen LogP contribution in [0.25, 0.3) is 0 Å². The minimum atomic E-state index is -4.37. The molecule has 0 aliphatic carbocycles. The average molecular weight is 287 g/mol. The molecule has 1 aliphatic heterocycles. The topological polar surface area (TPSA) is 40.5 Å². The Bertz CT molecular complexity index is 484. The Kier molecular flexibility index (Phi) is 4.04. The molecule has 1 N–H and O–H groups in total. The number of carbonyl (C=O) groups is 1. The number of amides is 1. The van der Waals surface area contributed by atoms with E-state index in [1.807, 2.05) is 0 Å². The molecule has 1 aromatic rings. The van der Waals surface area contributed by atoms with Gasteiger partial charge in [0.2, 0.25) is 5.91 Å². The molecule has 1 saturated heterocycles. The molecule has 20 heavy (non-hydrogen) atoms. The normalized spacial score (nSPS) is 24.1. The first-order chi connectivity index (χ1) is 9.34. The molecular formula is C14H16F3NO2. The minimum absolute atomic E-state index is 0.0559. The van der Waals surface area contributed by atoms with Gasteiger partial charge >= 0.3 is 6.18 Å². The summed E-state index contributed by atoms with van der Waals surface area (Å²) in [6.45, 7) is -0.0939. The fourth-order valence-corrected chi connectivity index (χ4v) is 2.67. The molecule has 6 heteroatoms. The number of aliphatic hydroxyl groups is 1. The van der Waals surface area contributed by atoms with E-state index >= 15 is 0 Å². The maximum atomic E-state index is 12.5. The van der Waals surface area contributed by atoms with Crippen molar-refractivity contribution in [2.24, 2.45) is 5.92 Å². The summed E-state index contributed by atoms with van der Waals surface area (Å²) in [7, 11) is 1.62. The third kappa shape index (κ3) is 2.80. The first-order valence-corrected chi connectivity index (χ1v) is 6.38. The largest absolute Gasteiger partial charge is 0.416 e. The van der Waals surface area contributed by atoms with Crippen molar-refractivity contribution >= 4 is 5.91 Å². The second-order valence-electron chi connectivity index (χ2n) is 5.05. The lowest BCUT2D eigenvalue weighted by Crippen LogP contribution is -2.41. The van der Waals surface area contributed by atoms with Gasteiger partial charge in [0.25, 0.3) is 0 Å². The van der Waals surface area contributed by atoms with E-state index in [9.17, 15) is 23.1 Å². The molecular weight excluding hydrogens is 271 g/mol. The first kappa shape index (κ1) is 14.8. The number of rotatable bonds is 2. The van der Waals surface area contributed by atoms with Crippen molar-refractivity contribution in [1.82, 2.24) is 4.90 Å². The number of benzene rings is 1. The van der Waals surface area contributed by atoms with Gasteiger partial charge in [0.1, 0.15) is 0 Å². The monoisotopic (exact) mass is 287 g/mol. The quantitative estimate of drug-likeness (QED) is 0.908. The Labute approximate surface area is 115 Å². The molecule has 0 spiro atoms. The van der Waals surface area contributed by atoms with Crippen LogP contribution in [0.1, 0.15) is 30.0 Å². The Balaban J connectivity index is 2.30. The zero-order chi connectivity index (χ0) is 14.9. The first-order valence-electron chi connectivity index (χ1n) is 6.38. The van der Waals surface area contributed by atoms with Crippen molar-refractivity contribution in [3.05, 3.63) is 35.4 Å². The lowest BCUT2D eigenvalue weighted by atomic mass is 9.85. The molecule has 2 rings (SSSR count). The molecule has 0 saturated carbocycles. The Hall–Kier alpha value is -1.56. The van der Waals surface area contributed by atoms with Gasteiger partial charge in [-0.15, -0.1) is 0 Å². The van der Waals surface area contributed by atoms with Crippen LogP contribution in [0.5, 0.6) is 0 Å². The van der Waals surface area contributed by atoms with E-state index in [-0.39, 0.29) is 24.5 Å². The maximum Gasteiger partial charge on any atom is 0.416 e. The zero-order valence-electron chi connectivity index (χ0n) is 11.0. The fraction of sp³-hybridized carbons (Fsp3) is 0.500. The molecule has 1 heterocycles. The number of hydrogen-bond donors (Lipinski definition) is 1. The van der Waals surface area contributed by atoms with Crippen molar-refractivity contribution in [1.29, 1.82) is 0 Å². The van der Waals surface area contributed by atoms with E-state index in [2.05, 4.69) is 0 Å². The number of hydrogen-bond acceptors (Lipinski definition) is 2. The van der Waals surface area contributed by atoms with E-state index in [4.69, 9.17) is 0 Å². The Morgan fingerprint density at radius 1 is 1.30 bits per heavy atom. The predicted octanol–water partition coefficient (Wildman–Crippen LogP) is 2.61. The van der Waals surface area contributed by atoms with Gasteiger partial charge < -0.3 is 10.0 Å². The third-order valence-corrected chi connectivity index (χ3v) is 3.80. The highest BCUT2D eigenvalue weighted by Crippen LogP contribution is 2.37. The van der Waals surface area contributed by atoms with Crippen molar-refractivity contribution in [2.75, 3.05) is 13.7 Å². The van der Waals surface area contributed by atoms with E-state index < -0.39 is 11.7 Å². The van der Waals surface area contributed by atoms with Crippen molar-refractivity contribution in [3.63, 3.8) is 0 Å². The number of carbonyl (C=O) groups excluding carboxylic acids is 1. The molecule has 0 radical (unpaired) electrons. The molecule has 1 aliphatic rings. The van der Waals surface area contributed by atoms with Crippen molar-refractivity contribution in [2.45, 2.75) is 25.1 Å². The molecule has 1 aromatic carbocycles. The van der Waals surface area contributed by atoms with Gasteiger partial charge in [-0.25, -0.2) is 0 Å². The van der Waals surface area contributed by atoms with Gasteiger partial charge in [0, 0.05) is 26.0 Å². The molecule has 0 unspecified atom stereocenters. The lowest BCUT2D eigenvalue weighted by Gasteiger charge is -2.38. The van der Waals surface area contributed by atoms with Crippen molar-refractivity contribution in [3.8, 4) is 0 Å². The highest BCUT2D eigenvalue weighted by molar-refractivity contribution is 5.77. The molecule has 2 atom stereocenters. The maximum absolute atomic E-state index is 12.5. The second-order valence-corrected chi connectivity index (χ2v) is 5.05. The Morgan fingerprint density at radius 2 is 1.90 bits per heavy atom. The number of alkyl halides is 3. The van der Waals surface area contributed by atoms with E-state index in [1.165, 1.54) is 17.0 Å². The summed E-state index contributed by atoms with van der Waals surface area (Å²) in [6.07, 6.45) is -3.46. The van der Waals surface area contributed by atoms with Crippen LogP contribution in [0, 0.1) is 5.92 Å². The van der Waals surface area contributed by atoms with Crippen molar-refractivity contribution < 1.29 is 23.1 Å². The summed E-state index contributed by atoms with van der Waals surface area (Å²) in [6, 6.07) is 4.41. The molecule has 1 fully saturated rings. The minimum Gasteiger partial charge on any atom is -0.396 e. The van der Waals surface area contributed by atoms with E-state index in [0.717, 1.165) is 12.1 Å². The van der Waals surface area contributed by atoms with Gasteiger partial charge in [0.15, 0.2) is 0 Å². The average Bonchev–Trinajstić information content (AvgIpc) is 2.41. The van der Waals surface area contributed by atoms with Crippen LogP contribution in [0.4, 0.5) is 13.2 Å². The van der Waals surface area contributed by atoms with Crippen LogP contribution in [0.15, 0.2) is 24.3 Å². The molecule has 3 nitrogen and oxygen atoms in total. The van der Waals surface area contributed by atoms with Gasteiger partial charge in [0.05, 0.1) is 11.6 Å². The van der Waals surface area contributed by atoms with Gasteiger partial charge in [-0.2, -0.15) is 13.2 Å². The zero-order valence-corrected chi connectivity index (χ0v) is 11.0. The molecule has 110 valence electrons. The fourth-order valence-electron chi connectivity index (χ4n) is 2.67. The summed E-state index contributed by atoms with van der Waals surface area (Å²) in [5.74, 6) is -0.200. The van der Waals surface area contributed by atoms with Gasteiger partial charge in [-0.1, -0.05) is 12.1 Å². The van der Waals surface area contributed by atoms with Crippen LogP contribution < -0.4 is 0 Å². The summed E-state index contributed by atoms with van der Waals surface area (Å²) >= 11 is 0. The standard InChI is InChI=1S/C14H16F3NO2/c1-18-12(20)7-4-10(8-19)13(18)9-2-5-11(6-3-9)14(15,16)17/h2-3,5-6,10,13,19H,4,7-8H2,1H3/t10-,13+/m1/s1. The van der Waals surface area contributed by atoms with Gasteiger partial charge in [-0.3, -0.25) is 4.79 Å². The molecule has 0 bridgehead atoms. The van der Waals surface area contributed by atoms with Crippen LogP contribution in [-0.4, -0.2) is 29.6 Å². The number of likely N-dealkylation sites (tertiary alicyclic amines) is 1. The number of nitrogens with zero attached hydrogens (tertiary/aromatic N) is 1. The molecule has 0 aromatic heterocycles. The number of aliphatic hydroxyl groups excluding tert-OH is 1. The smallest absolute Gasteiger partial charge is 0.396 e. The molecule has 1 amide bonds. The summed E-state index contributed by atoms with van der Waals surface area (Å²) < 4.78 is 37.6. The van der Waals surface area contributed by atoms with Crippen LogP contribution >= 0.6 is 0 Å². The summed E-state index contributed by atoms with van der Waals surface area (Å²) in [5, 5.41) is 9.39. The SMILES string of the molecule is CN1C(=O)CC[C@H](CO)[C@@H]1c1ccc(C(F)(F)F)cc1. The Morgan fingerprint density at radius 3 is 2.40 bits per heavy atom. The predicted molar refractivity (Wildman–Crippen MR) is 66.8 cm³/mol. The summed E-state index contributed by atoms with van der Waals surface area (Å²) in [5.41, 5.74) is -0.0980. The van der Waals surface area contributed by atoms with Gasteiger partial charge in [-0.05, 0) is 24.1 Å². The number of halogens is 3.